The highest BCUT2D eigenvalue weighted by Gasteiger charge is 2.18. The molecule has 0 atom stereocenters. The zero-order valence-corrected chi connectivity index (χ0v) is 14.7. The number of likely N-dealkylation sites (N-methyl/N-ethyl adjacent to an activating group) is 1. The topological polar surface area (TPSA) is 52.7 Å². The fraction of sp³-hybridized carbons (Fsp3) is 0.500. The van der Waals surface area contributed by atoms with Gasteiger partial charge in [0.1, 0.15) is 0 Å². The number of nitrogens with one attached hydrogen (secondary N) is 1. The zero-order valence-electron chi connectivity index (χ0n) is 13.1. The van der Waals surface area contributed by atoms with E-state index in [1.807, 2.05) is 4.90 Å². The largest absolute Gasteiger partial charge is 0.342 e. The highest BCUT2D eigenvalue weighted by molar-refractivity contribution is 6.42. The summed E-state index contributed by atoms with van der Waals surface area (Å²) in [7, 11) is 1.76. The standard InChI is InChI=1S/C16H21Cl2N3O2/c1-20(11-16(23)21-7-3-2-4-8-21)10-15(22)19-12-5-6-13(17)14(18)9-12/h5-6,9H,2-4,7-8,10-11H2,1H3,(H,19,22). The van der Waals surface area contributed by atoms with Crippen LogP contribution in [-0.4, -0.2) is 54.8 Å². The first-order valence-corrected chi connectivity index (χ1v) is 8.42. The van der Waals surface area contributed by atoms with Crippen molar-refractivity contribution < 1.29 is 9.59 Å². The summed E-state index contributed by atoms with van der Waals surface area (Å²) in [4.78, 5) is 27.8. The van der Waals surface area contributed by atoms with E-state index >= 15 is 0 Å². The van der Waals surface area contributed by atoms with Crippen LogP contribution in [0.5, 0.6) is 0 Å². The third-order valence-electron chi connectivity index (χ3n) is 3.73. The lowest BCUT2D eigenvalue weighted by Gasteiger charge is -2.28. The van der Waals surface area contributed by atoms with E-state index in [4.69, 9.17) is 23.2 Å². The Labute approximate surface area is 146 Å². The van der Waals surface area contributed by atoms with E-state index in [0.717, 1.165) is 25.9 Å². The van der Waals surface area contributed by atoms with Crippen LogP contribution >= 0.6 is 23.2 Å². The summed E-state index contributed by atoms with van der Waals surface area (Å²) in [6.45, 7) is 2.03. The predicted octanol–water partition coefficient (Wildman–Crippen LogP) is 2.88. The SMILES string of the molecule is CN(CC(=O)Nc1ccc(Cl)c(Cl)c1)CC(=O)N1CCCCC1. The van der Waals surface area contributed by atoms with Crippen LogP contribution in [-0.2, 0) is 9.59 Å². The number of carbonyl (C=O) groups excluding carboxylic acids is 2. The molecule has 0 spiro atoms. The van der Waals surface area contributed by atoms with Crippen LogP contribution < -0.4 is 5.32 Å². The number of nitrogens with zero attached hydrogens (tertiary/aromatic N) is 2. The highest BCUT2D eigenvalue weighted by atomic mass is 35.5. The fourth-order valence-corrected chi connectivity index (χ4v) is 2.85. The van der Waals surface area contributed by atoms with Crippen molar-refractivity contribution in [3.8, 4) is 0 Å². The number of hydrogen-bond donors (Lipinski definition) is 1. The number of carbonyl (C=O) groups is 2. The predicted molar refractivity (Wildman–Crippen MR) is 93.0 cm³/mol. The van der Waals surface area contributed by atoms with Crippen LogP contribution in [0.1, 0.15) is 19.3 Å². The van der Waals surface area contributed by atoms with Gasteiger partial charge in [-0.25, -0.2) is 0 Å². The van der Waals surface area contributed by atoms with E-state index in [1.165, 1.54) is 6.42 Å². The smallest absolute Gasteiger partial charge is 0.238 e. The monoisotopic (exact) mass is 357 g/mol. The molecule has 2 rings (SSSR count). The summed E-state index contributed by atoms with van der Waals surface area (Å²) in [5, 5.41) is 3.57. The van der Waals surface area contributed by atoms with E-state index in [0.29, 0.717) is 15.7 Å². The molecule has 1 aliphatic heterocycles. The van der Waals surface area contributed by atoms with Gasteiger partial charge in [0.05, 0.1) is 23.1 Å². The molecule has 126 valence electrons. The molecule has 1 aliphatic rings. The Morgan fingerprint density at radius 1 is 1.13 bits per heavy atom. The molecule has 0 saturated carbocycles. The van der Waals surface area contributed by atoms with Gasteiger partial charge in [0, 0.05) is 18.8 Å². The minimum atomic E-state index is -0.197. The van der Waals surface area contributed by atoms with E-state index < -0.39 is 0 Å². The molecule has 0 unspecified atom stereocenters. The molecule has 1 saturated heterocycles. The van der Waals surface area contributed by atoms with Crippen molar-refractivity contribution in [2.45, 2.75) is 19.3 Å². The van der Waals surface area contributed by atoms with Crippen molar-refractivity contribution in [2.24, 2.45) is 0 Å². The molecule has 0 radical (unpaired) electrons. The number of hydrogen-bond acceptors (Lipinski definition) is 3. The second kappa shape index (κ2) is 8.52. The van der Waals surface area contributed by atoms with Gasteiger partial charge >= 0.3 is 0 Å². The third kappa shape index (κ3) is 5.68. The Kier molecular flexibility index (Phi) is 6.69. The van der Waals surface area contributed by atoms with Crippen molar-refractivity contribution in [3.05, 3.63) is 28.2 Å². The van der Waals surface area contributed by atoms with Gasteiger partial charge in [-0.1, -0.05) is 23.2 Å². The summed E-state index contributed by atoms with van der Waals surface area (Å²) >= 11 is 11.8. The van der Waals surface area contributed by atoms with Gasteiger partial charge in [0.15, 0.2) is 0 Å². The maximum absolute atomic E-state index is 12.2. The molecule has 1 aromatic rings. The van der Waals surface area contributed by atoms with Gasteiger partial charge < -0.3 is 10.2 Å². The number of rotatable bonds is 5. The summed E-state index contributed by atoms with van der Waals surface area (Å²) in [6, 6.07) is 4.91. The minimum absolute atomic E-state index is 0.0783. The molecule has 1 aromatic carbocycles. The Bertz CT molecular complexity index is 574. The molecule has 1 heterocycles. The lowest BCUT2D eigenvalue weighted by molar-refractivity contribution is -0.133. The van der Waals surface area contributed by atoms with E-state index in [9.17, 15) is 9.59 Å². The van der Waals surface area contributed by atoms with Gasteiger partial charge in [0.2, 0.25) is 11.8 Å². The summed E-state index contributed by atoms with van der Waals surface area (Å²) in [6.07, 6.45) is 3.31. The molecule has 2 amide bonds. The molecule has 23 heavy (non-hydrogen) atoms. The highest BCUT2D eigenvalue weighted by Crippen LogP contribution is 2.24. The van der Waals surface area contributed by atoms with Gasteiger partial charge in [-0.3, -0.25) is 14.5 Å². The van der Waals surface area contributed by atoms with E-state index in [-0.39, 0.29) is 24.9 Å². The maximum atomic E-state index is 12.2. The molecule has 0 aromatic heterocycles. The number of likely N-dealkylation sites (tertiary alicyclic amines) is 1. The Balaban J connectivity index is 1.79. The lowest BCUT2D eigenvalue weighted by Crippen LogP contribution is -2.43. The fourth-order valence-electron chi connectivity index (χ4n) is 2.55. The van der Waals surface area contributed by atoms with Crippen molar-refractivity contribution in [3.63, 3.8) is 0 Å². The van der Waals surface area contributed by atoms with Crippen molar-refractivity contribution >= 4 is 40.7 Å². The molecule has 1 fully saturated rings. The van der Waals surface area contributed by atoms with Gasteiger partial charge in [-0.05, 0) is 44.5 Å². The number of amides is 2. The Morgan fingerprint density at radius 3 is 2.48 bits per heavy atom. The molecule has 5 nitrogen and oxygen atoms in total. The first-order valence-electron chi connectivity index (χ1n) is 7.67. The zero-order chi connectivity index (χ0) is 16.8. The number of benzene rings is 1. The molecule has 7 heteroatoms. The van der Waals surface area contributed by atoms with Crippen LogP contribution in [0.4, 0.5) is 5.69 Å². The third-order valence-corrected chi connectivity index (χ3v) is 4.47. The Hall–Kier alpha value is -1.30. The second-order valence-corrected chi connectivity index (χ2v) is 6.61. The average molecular weight is 358 g/mol. The minimum Gasteiger partial charge on any atom is -0.342 e. The number of piperidine rings is 1. The second-order valence-electron chi connectivity index (χ2n) is 5.79. The van der Waals surface area contributed by atoms with Crippen LogP contribution in [0.25, 0.3) is 0 Å². The Morgan fingerprint density at radius 2 is 1.83 bits per heavy atom. The van der Waals surface area contributed by atoms with Gasteiger partial charge in [0.25, 0.3) is 0 Å². The van der Waals surface area contributed by atoms with Gasteiger partial charge in [-0.15, -0.1) is 0 Å². The summed E-state index contributed by atoms with van der Waals surface area (Å²) in [5.41, 5.74) is 0.583. The number of anilines is 1. The van der Waals surface area contributed by atoms with Crippen molar-refractivity contribution in [1.82, 2.24) is 9.80 Å². The molecule has 1 N–H and O–H groups in total. The first kappa shape index (κ1) is 18.0. The molecule has 0 bridgehead atoms. The average Bonchev–Trinajstić information content (AvgIpc) is 2.51. The molecular weight excluding hydrogens is 337 g/mol. The summed E-state index contributed by atoms with van der Waals surface area (Å²) in [5.74, 6) is -0.119. The molecular formula is C16H21Cl2N3O2. The van der Waals surface area contributed by atoms with Crippen LogP contribution in [0, 0.1) is 0 Å². The molecule has 0 aliphatic carbocycles. The first-order chi connectivity index (χ1) is 11.0. The number of halogens is 2. The van der Waals surface area contributed by atoms with Crippen LogP contribution in [0.3, 0.4) is 0 Å². The van der Waals surface area contributed by atoms with E-state index in [2.05, 4.69) is 5.32 Å². The quantitative estimate of drug-likeness (QED) is 0.881. The normalized spacial score (nSPS) is 14.9. The maximum Gasteiger partial charge on any atom is 0.238 e. The van der Waals surface area contributed by atoms with Gasteiger partial charge in [-0.2, -0.15) is 0 Å². The van der Waals surface area contributed by atoms with Crippen LogP contribution in [0.15, 0.2) is 18.2 Å². The summed E-state index contributed by atoms with van der Waals surface area (Å²) < 4.78 is 0. The van der Waals surface area contributed by atoms with E-state index in [1.54, 1.807) is 30.1 Å². The lowest BCUT2D eigenvalue weighted by atomic mass is 10.1. The van der Waals surface area contributed by atoms with Crippen LogP contribution in [0.2, 0.25) is 10.0 Å². The van der Waals surface area contributed by atoms with Crippen molar-refractivity contribution in [1.29, 1.82) is 0 Å². The van der Waals surface area contributed by atoms with Crippen molar-refractivity contribution in [2.75, 3.05) is 38.5 Å².